The van der Waals surface area contributed by atoms with Crippen molar-refractivity contribution in [2.24, 2.45) is 0 Å². The number of halogens is 3. The summed E-state index contributed by atoms with van der Waals surface area (Å²) >= 11 is 5.70. The number of carbonyl (C=O) groups excluding carboxylic acids is 2. The van der Waals surface area contributed by atoms with E-state index in [1.165, 1.54) is 12.1 Å². The molecule has 6 rings (SSSR count). The van der Waals surface area contributed by atoms with Crippen molar-refractivity contribution in [3.63, 3.8) is 0 Å². The number of alkyl halides is 3. The Morgan fingerprint density at radius 3 is 2.39 bits per heavy atom. The number of ether oxygens (including phenoxy) is 2. The number of nitrogens with zero attached hydrogens (tertiary/aromatic N) is 2. The first-order chi connectivity index (χ1) is 24.6. The fourth-order valence-electron chi connectivity index (χ4n) is 7.16. The third kappa shape index (κ3) is 8.22. The molecule has 2 aromatic rings. The number of hydrogen-bond donors (Lipinski definition) is 1. The Balaban J connectivity index is 1.25. The molecule has 4 aliphatic rings. The van der Waals surface area contributed by atoms with E-state index in [4.69, 9.17) is 21.1 Å². The number of hydrogen-bond acceptors (Lipinski definition) is 6. The number of unbranched alkanes of at least 4 members (excludes halogenated alkanes) is 3. The molecule has 8 nitrogen and oxygen atoms in total. The van der Waals surface area contributed by atoms with Crippen LogP contribution in [0, 0.1) is 0 Å². The Hall–Kier alpha value is -3.64. The normalized spacial score (nSPS) is 19.3. The Morgan fingerprint density at radius 1 is 0.941 bits per heavy atom. The zero-order valence-corrected chi connectivity index (χ0v) is 31.1. The second-order valence-corrected chi connectivity index (χ2v) is 18.8. The molecule has 3 heterocycles. The number of amides is 1. The summed E-state index contributed by atoms with van der Waals surface area (Å²) in [6, 6.07) is 10.6. The molecule has 2 fully saturated rings. The van der Waals surface area contributed by atoms with Crippen molar-refractivity contribution in [1.29, 1.82) is 0 Å². The number of fused-ring (bicyclic) bond motifs is 2. The van der Waals surface area contributed by atoms with Gasteiger partial charge in [0.1, 0.15) is 14.2 Å². The molecule has 3 aliphatic heterocycles. The molecule has 1 amide bonds. The summed E-state index contributed by atoms with van der Waals surface area (Å²) in [4.78, 5) is 28.0. The fraction of sp³-hybridized carbons (Fsp3) is 0.462. The zero-order valence-electron chi connectivity index (χ0n) is 29.3. The van der Waals surface area contributed by atoms with E-state index in [-0.39, 0.29) is 18.0 Å². The number of nitrogens with one attached hydrogen (secondary N) is 1. The minimum atomic E-state index is -2.43. The smallest absolute Gasteiger partial charge is 0.251 e. The summed E-state index contributed by atoms with van der Waals surface area (Å²) in [6.45, 7) is 7.97. The molecule has 0 bridgehead atoms. The highest BCUT2D eigenvalue weighted by Crippen LogP contribution is 2.43. The van der Waals surface area contributed by atoms with Crippen molar-refractivity contribution in [2.75, 3.05) is 69.9 Å². The second-order valence-electron chi connectivity index (χ2n) is 14.1. The Morgan fingerprint density at radius 2 is 1.69 bits per heavy atom. The van der Waals surface area contributed by atoms with Crippen LogP contribution < -0.4 is 20.5 Å². The van der Waals surface area contributed by atoms with E-state index in [9.17, 15) is 23.5 Å². The van der Waals surface area contributed by atoms with Gasteiger partial charge in [-0.15, -0.1) is 11.6 Å². The lowest BCUT2D eigenvalue weighted by molar-refractivity contribution is -0.599. The van der Waals surface area contributed by atoms with Gasteiger partial charge in [0.25, 0.3) is 5.91 Å². The topological polar surface area (TPSA) is 93.9 Å². The number of carbonyl (C=O) groups is 2. The molecular formula is C39H46ClF2N3O5Si. The lowest BCUT2D eigenvalue weighted by atomic mass is 9.86. The molecule has 1 N–H and O–H groups in total. The van der Waals surface area contributed by atoms with E-state index < -0.39 is 26.4 Å². The van der Waals surface area contributed by atoms with Crippen LogP contribution in [-0.2, 0) is 9.47 Å². The van der Waals surface area contributed by atoms with E-state index in [1.54, 1.807) is 6.07 Å². The summed E-state index contributed by atoms with van der Waals surface area (Å²) in [5.41, 5.74) is 4.96. The number of benzene rings is 2. The summed E-state index contributed by atoms with van der Waals surface area (Å²) in [7, 11) is -2.43. The number of carboxylic acid groups (broad SMARTS) is 1. The average molecular weight is 738 g/mol. The quantitative estimate of drug-likeness (QED) is 0.119. The molecule has 0 unspecified atom stereocenters. The lowest BCUT2D eigenvalue weighted by Gasteiger charge is -2.41. The van der Waals surface area contributed by atoms with Crippen LogP contribution in [0.2, 0.25) is 13.1 Å². The summed E-state index contributed by atoms with van der Waals surface area (Å²) in [6.07, 6.45) is 8.55. The molecule has 0 radical (unpaired) electrons. The maximum absolute atomic E-state index is 13.9. The van der Waals surface area contributed by atoms with Gasteiger partial charge in [0.05, 0.1) is 38.9 Å². The van der Waals surface area contributed by atoms with Crippen LogP contribution in [0.1, 0.15) is 57.5 Å². The van der Waals surface area contributed by atoms with Crippen molar-refractivity contribution >= 4 is 53.7 Å². The molecule has 272 valence electrons. The molecule has 0 spiro atoms. The Labute approximate surface area is 304 Å². The van der Waals surface area contributed by atoms with Crippen LogP contribution in [0.5, 0.6) is 0 Å². The lowest BCUT2D eigenvalue weighted by Crippen LogP contribution is -2.52. The number of allylic oxidation sites excluding steroid dienone is 5. The van der Waals surface area contributed by atoms with E-state index in [0.29, 0.717) is 75.2 Å². The minimum Gasteiger partial charge on any atom is -0.545 e. The van der Waals surface area contributed by atoms with E-state index in [2.05, 4.69) is 30.6 Å². The number of rotatable bonds is 16. The van der Waals surface area contributed by atoms with Gasteiger partial charge >= 0.3 is 0 Å². The average Bonchev–Trinajstić information content (AvgIpc) is 3.09. The van der Waals surface area contributed by atoms with Crippen molar-refractivity contribution in [1.82, 2.24) is 5.32 Å². The third-order valence-corrected chi connectivity index (χ3v) is 13.9. The predicted octanol–water partition coefficient (Wildman–Crippen LogP) is 4.34. The monoisotopic (exact) mass is 737 g/mol. The second kappa shape index (κ2) is 16.4. The van der Waals surface area contributed by atoms with Gasteiger partial charge in [-0.25, -0.2) is 13.4 Å². The van der Waals surface area contributed by atoms with Crippen molar-refractivity contribution in [3.8, 4) is 0 Å². The fourth-order valence-corrected chi connectivity index (χ4v) is 10.4. The molecule has 0 saturated carbocycles. The van der Waals surface area contributed by atoms with Gasteiger partial charge in [0.15, 0.2) is 18.8 Å². The van der Waals surface area contributed by atoms with E-state index in [0.717, 1.165) is 58.6 Å². The first-order valence-corrected chi connectivity index (χ1v) is 21.4. The third-order valence-electron chi connectivity index (χ3n) is 10.1. The Bertz CT molecular complexity index is 1780. The van der Waals surface area contributed by atoms with Crippen LogP contribution in [0.15, 0.2) is 65.4 Å². The number of carboxylic acids is 1. The van der Waals surface area contributed by atoms with Crippen molar-refractivity contribution in [2.45, 2.75) is 51.1 Å². The number of anilines is 1. The highest BCUT2D eigenvalue weighted by Gasteiger charge is 2.42. The summed E-state index contributed by atoms with van der Waals surface area (Å²) < 4.78 is 41.0. The van der Waals surface area contributed by atoms with Gasteiger partial charge in [-0.05, 0) is 75.8 Å². The van der Waals surface area contributed by atoms with Crippen molar-refractivity contribution in [3.05, 3.63) is 87.6 Å². The first-order valence-electron chi connectivity index (χ1n) is 17.9. The van der Waals surface area contributed by atoms with Gasteiger partial charge in [-0.3, -0.25) is 4.79 Å². The van der Waals surface area contributed by atoms with E-state index in [1.807, 2.05) is 33.8 Å². The van der Waals surface area contributed by atoms with Gasteiger partial charge in [0.2, 0.25) is 6.17 Å². The van der Waals surface area contributed by atoms with E-state index >= 15 is 0 Å². The van der Waals surface area contributed by atoms with Gasteiger partial charge in [-0.2, -0.15) is 0 Å². The summed E-state index contributed by atoms with van der Waals surface area (Å²) in [5, 5.41) is 17.7. The predicted molar refractivity (Wildman–Crippen MR) is 198 cm³/mol. The van der Waals surface area contributed by atoms with Gasteiger partial charge in [-0.1, -0.05) is 38.1 Å². The first kappa shape index (κ1) is 37.1. The number of aromatic carboxylic acids is 1. The molecule has 1 aliphatic carbocycles. The minimum absolute atomic E-state index is 0.0265. The Kier molecular flexibility index (Phi) is 11.9. The molecular weight excluding hydrogens is 692 g/mol. The standard InChI is InChI=1S/C39H46ClF2N3O5Si/c1-51(2)35-20-29(44-22-27(41)23-44)8-11-32(35)37(33-12-9-30(21-36(33)51)45-24-28(42)25-45)34-19-26(7-10-31(34)39(47)48)38(46)43-14-16-50-18-17-49-15-6-4-3-5-13-40/h7-12,19-21,27-28H,3-6,13-18,22-25H2,1-2H3,(H-,43,46,47,48). The van der Waals surface area contributed by atoms with Crippen LogP contribution in [0.3, 0.4) is 0 Å². The van der Waals surface area contributed by atoms with Gasteiger partial charge < -0.3 is 29.6 Å². The van der Waals surface area contributed by atoms with Crippen LogP contribution in [0.25, 0.3) is 5.57 Å². The summed E-state index contributed by atoms with van der Waals surface area (Å²) in [5.74, 6) is -1.01. The maximum atomic E-state index is 13.9. The molecule has 0 atom stereocenters. The highest BCUT2D eigenvalue weighted by molar-refractivity contribution is 6.98. The van der Waals surface area contributed by atoms with Crippen LogP contribution >= 0.6 is 11.6 Å². The molecule has 51 heavy (non-hydrogen) atoms. The molecule has 2 aromatic carbocycles. The molecule has 12 heteroatoms. The zero-order chi connectivity index (χ0) is 36.1. The van der Waals surface area contributed by atoms with Crippen LogP contribution in [-0.4, -0.2) is 108 Å². The molecule has 0 aromatic heterocycles. The molecule has 2 saturated heterocycles. The SMILES string of the molecule is C[Si]1(C)C2=CC(=[N+]3CC(F)C3)C=CC2=C(c2cc(C(=O)NCCOCCOCCCCCCCl)ccc2C(=O)[O-])c2ccc(N3CC(F)C3)cc21. The van der Waals surface area contributed by atoms with Crippen LogP contribution in [0.4, 0.5) is 14.5 Å². The highest BCUT2D eigenvalue weighted by atomic mass is 35.5. The maximum Gasteiger partial charge on any atom is 0.251 e. The largest absolute Gasteiger partial charge is 0.545 e. The van der Waals surface area contributed by atoms with Crippen molar-refractivity contribution < 1.29 is 37.5 Å². The van der Waals surface area contributed by atoms with Gasteiger partial charge in [0, 0.05) is 48.0 Å².